The van der Waals surface area contributed by atoms with Gasteiger partial charge in [0.15, 0.2) is 0 Å². The average Bonchev–Trinajstić information content (AvgIpc) is 2.53. The Labute approximate surface area is 127 Å². The summed E-state index contributed by atoms with van der Waals surface area (Å²) in [5.41, 5.74) is 6.61. The number of nitrogen functional groups attached to an aromatic ring is 1. The number of esters is 1. The monoisotopic (exact) mass is 300 g/mol. The summed E-state index contributed by atoms with van der Waals surface area (Å²) < 4.78 is 10.0. The molecule has 0 aliphatic rings. The fourth-order valence-electron chi connectivity index (χ4n) is 1.78. The first-order chi connectivity index (χ1) is 10.6. The molecule has 0 aliphatic heterocycles. The van der Waals surface area contributed by atoms with Crippen molar-refractivity contribution < 1.29 is 19.1 Å². The first-order valence-electron chi connectivity index (χ1n) is 6.56. The second-order valence-electron chi connectivity index (χ2n) is 4.45. The molecule has 6 heteroatoms. The van der Waals surface area contributed by atoms with Crippen LogP contribution in [0.4, 0.5) is 11.4 Å². The van der Waals surface area contributed by atoms with Crippen molar-refractivity contribution in [1.29, 1.82) is 0 Å². The van der Waals surface area contributed by atoms with Gasteiger partial charge in [-0.3, -0.25) is 4.79 Å². The van der Waals surface area contributed by atoms with Gasteiger partial charge in [-0.15, -0.1) is 0 Å². The predicted molar refractivity (Wildman–Crippen MR) is 82.4 cm³/mol. The summed E-state index contributed by atoms with van der Waals surface area (Å²) in [6.45, 7) is 0. The molecular weight excluding hydrogens is 284 g/mol. The fourth-order valence-corrected chi connectivity index (χ4v) is 1.78. The van der Waals surface area contributed by atoms with Crippen molar-refractivity contribution >= 4 is 23.3 Å². The van der Waals surface area contributed by atoms with Gasteiger partial charge in [-0.2, -0.15) is 0 Å². The molecule has 2 aromatic rings. The summed E-state index contributed by atoms with van der Waals surface area (Å²) in [5, 5.41) is 2.57. The van der Waals surface area contributed by atoms with Gasteiger partial charge in [0.25, 0.3) is 12.0 Å². The Bertz CT molecular complexity index is 658. The second kappa shape index (κ2) is 7.12. The first-order valence-corrected chi connectivity index (χ1v) is 6.56. The lowest BCUT2D eigenvalue weighted by Crippen LogP contribution is -2.40. The molecule has 1 unspecified atom stereocenters. The van der Waals surface area contributed by atoms with Gasteiger partial charge in [0.1, 0.15) is 5.75 Å². The molecule has 1 amide bonds. The van der Waals surface area contributed by atoms with Gasteiger partial charge in [0.05, 0.1) is 7.11 Å². The number of methoxy groups -OCH3 is 1. The largest absolute Gasteiger partial charge is 0.469 e. The minimum Gasteiger partial charge on any atom is -0.469 e. The van der Waals surface area contributed by atoms with Gasteiger partial charge in [-0.25, -0.2) is 4.79 Å². The molecular formula is C16H16N2O4. The van der Waals surface area contributed by atoms with Crippen molar-refractivity contribution in [2.75, 3.05) is 18.2 Å². The summed E-state index contributed by atoms with van der Waals surface area (Å²) in [6, 6.07) is 15.2. The molecule has 0 fully saturated rings. The third kappa shape index (κ3) is 3.99. The molecule has 0 saturated carbocycles. The Morgan fingerprint density at radius 2 is 1.82 bits per heavy atom. The van der Waals surface area contributed by atoms with Crippen LogP contribution in [0.25, 0.3) is 0 Å². The highest BCUT2D eigenvalue weighted by Gasteiger charge is 2.30. The highest BCUT2D eigenvalue weighted by molar-refractivity contribution is 6.07. The lowest BCUT2D eigenvalue weighted by atomic mass is 10.2. The number of hydrogen-bond acceptors (Lipinski definition) is 5. The topological polar surface area (TPSA) is 90.6 Å². The fraction of sp³-hybridized carbons (Fsp3) is 0.125. The maximum atomic E-state index is 12.3. The smallest absolute Gasteiger partial charge is 0.357 e. The average molecular weight is 300 g/mol. The van der Waals surface area contributed by atoms with Gasteiger partial charge in [0.2, 0.25) is 0 Å². The van der Waals surface area contributed by atoms with E-state index >= 15 is 0 Å². The van der Waals surface area contributed by atoms with E-state index in [-0.39, 0.29) is 0 Å². The second-order valence-corrected chi connectivity index (χ2v) is 4.45. The lowest BCUT2D eigenvalue weighted by molar-refractivity contribution is -0.152. The molecule has 114 valence electrons. The quantitative estimate of drug-likeness (QED) is 0.499. The zero-order valence-electron chi connectivity index (χ0n) is 12.0. The molecule has 0 heterocycles. The molecule has 22 heavy (non-hydrogen) atoms. The van der Waals surface area contributed by atoms with Crippen LogP contribution in [-0.2, 0) is 14.3 Å². The van der Waals surface area contributed by atoms with Gasteiger partial charge in [0, 0.05) is 11.4 Å². The van der Waals surface area contributed by atoms with Crippen molar-refractivity contribution in [1.82, 2.24) is 0 Å². The van der Waals surface area contributed by atoms with E-state index in [2.05, 4.69) is 10.1 Å². The van der Waals surface area contributed by atoms with Crippen molar-refractivity contribution in [3.8, 4) is 5.75 Å². The molecule has 0 spiro atoms. The van der Waals surface area contributed by atoms with E-state index in [4.69, 9.17) is 10.5 Å². The number of carbonyl (C=O) groups is 2. The van der Waals surface area contributed by atoms with Crippen molar-refractivity contribution in [3.63, 3.8) is 0 Å². The van der Waals surface area contributed by atoms with Crippen LogP contribution < -0.4 is 15.8 Å². The summed E-state index contributed by atoms with van der Waals surface area (Å²) in [6.07, 6.45) is -1.41. The zero-order chi connectivity index (χ0) is 15.9. The number of para-hydroxylation sites is 1. The van der Waals surface area contributed by atoms with Gasteiger partial charge in [-0.1, -0.05) is 24.3 Å². The molecule has 0 aliphatic carbocycles. The number of rotatable bonds is 5. The minimum atomic E-state index is -1.41. The Balaban J connectivity index is 2.14. The number of nitrogens with one attached hydrogen (secondary N) is 1. The Morgan fingerprint density at radius 3 is 2.45 bits per heavy atom. The van der Waals surface area contributed by atoms with E-state index < -0.39 is 18.0 Å². The molecule has 3 N–H and O–H groups in total. The van der Waals surface area contributed by atoms with E-state index in [0.717, 1.165) is 0 Å². The number of benzene rings is 2. The standard InChI is InChI=1S/C16H16N2O4/c1-21-16(20)14(22-13-8-3-2-4-9-13)15(19)18-12-7-5-6-11(17)10-12/h2-10,14H,17H2,1H3,(H,18,19). The number of hydrogen-bond donors (Lipinski definition) is 2. The van der Waals surface area contributed by atoms with E-state index in [9.17, 15) is 9.59 Å². The molecule has 2 aromatic carbocycles. The van der Waals surface area contributed by atoms with Crippen LogP contribution in [-0.4, -0.2) is 25.1 Å². The summed E-state index contributed by atoms with van der Waals surface area (Å²) >= 11 is 0. The van der Waals surface area contributed by atoms with Crippen molar-refractivity contribution in [2.24, 2.45) is 0 Å². The van der Waals surface area contributed by atoms with E-state index in [1.54, 1.807) is 54.6 Å². The highest BCUT2D eigenvalue weighted by Crippen LogP contribution is 2.15. The SMILES string of the molecule is COC(=O)C(Oc1ccccc1)C(=O)Nc1cccc(N)c1. The molecule has 2 rings (SSSR count). The Kier molecular flexibility index (Phi) is 4.98. The highest BCUT2D eigenvalue weighted by atomic mass is 16.6. The van der Waals surface area contributed by atoms with Gasteiger partial charge in [-0.05, 0) is 30.3 Å². The van der Waals surface area contributed by atoms with Crippen LogP contribution in [0.2, 0.25) is 0 Å². The van der Waals surface area contributed by atoms with Crippen LogP contribution >= 0.6 is 0 Å². The minimum absolute atomic E-state index is 0.389. The van der Waals surface area contributed by atoms with Crippen LogP contribution in [0, 0.1) is 0 Å². The van der Waals surface area contributed by atoms with Crippen LogP contribution in [0.1, 0.15) is 0 Å². The first kappa shape index (κ1) is 15.4. The molecule has 0 saturated heterocycles. The van der Waals surface area contributed by atoms with E-state index in [0.29, 0.717) is 17.1 Å². The van der Waals surface area contributed by atoms with Crippen LogP contribution in [0.3, 0.4) is 0 Å². The summed E-state index contributed by atoms with van der Waals surface area (Å²) in [5.74, 6) is -1.04. The van der Waals surface area contributed by atoms with Crippen LogP contribution in [0.5, 0.6) is 5.75 Å². The van der Waals surface area contributed by atoms with Crippen molar-refractivity contribution in [3.05, 3.63) is 54.6 Å². The molecule has 6 nitrogen and oxygen atoms in total. The van der Waals surface area contributed by atoms with Crippen LogP contribution in [0.15, 0.2) is 54.6 Å². The molecule has 0 radical (unpaired) electrons. The predicted octanol–water partition coefficient (Wildman–Crippen LogP) is 1.83. The number of ether oxygens (including phenoxy) is 2. The third-order valence-electron chi connectivity index (χ3n) is 2.80. The number of anilines is 2. The number of carbonyl (C=O) groups excluding carboxylic acids is 2. The number of nitrogens with two attached hydrogens (primary N) is 1. The number of amides is 1. The molecule has 0 aromatic heterocycles. The molecule has 1 atom stereocenters. The van der Waals surface area contributed by atoms with E-state index in [1.807, 2.05) is 0 Å². The Hall–Kier alpha value is -3.02. The van der Waals surface area contributed by atoms with Crippen molar-refractivity contribution in [2.45, 2.75) is 6.10 Å². The summed E-state index contributed by atoms with van der Waals surface area (Å²) in [7, 11) is 1.19. The Morgan fingerprint density at radius 1 is 1.09 bits per heavy atom. The lowest BCUT2D eigenvalue weighted by Gasteiger charge is -2.16. The van der Waals surface area contributed by atoms with Gasteiger partial charge < -0.3 is 20.5 Å². The maximum absolute atomic E-state index is 12.3. The van der Waals surface area contributed by atoms with Gasteiger partial charge >= 0.3 is 5.97 Å². The zero-order valence-corrected chi connectivity index (χ0v) is 12.0. The van der Waals surface area contributed by atoms with E-state index in [1.165, 1.54) is 7.11 Å². The molecule has 0 bridgehead atoms. The third-order valence-corrected chi connectivity index (χ3v) is 2.80. The normalized spacial score (nSPS) is 11.3. The summed E-state index contributed by atoms with van der Waals surface area (Å²) in [4.78, 5) is 24.0. The maximum Gasteiger partial charge on any atom is 0.357 e.